The van der Waals surface area contributed by atoms with Crippen LogP contribution in [0, 0.1) is 10.1 Å². The van der Waals surface area contributed by atoms with E-state index in [0.717, 1.165) is 28.9 Å². The Morgan fingerprint density at radius 1 is 1.18 bits per heavy atom. The van der Waals surface area contributed by atoms with E-state index < -0.39 is 4.92 Å². The van der Waals surface area contributed by atoms with Crippen LogP contribution < -0.4 is 4.74 Å². The molecule has 6 heteroatoms. The Kier molecular flexibility index (Phi) is 4.76. The molecule has 0 spiro atoms. The zero-order valence-corrected chi connectivity index (χ0v) is 15.1. The van der Waals surface area contributed by atoms with Crippen LogP contribution in [0.1, 0.15) is 22.5 Å². The van der Waals surface area contributed by atoms with Crippen LogP contribution in [0.25, 0.3) is 5.57 Å². The van der Waals surface area contributed by atoms with Crippen LogP contribution in [0.4, 0.5) is 5.88 Å². The van der Waals surface area contributed by atoms with Gasteiger partial charge in [0.1, 0.15) is 23.0 Å². The van der Waals surface area contributed by atoms with Crippen molar-refractivity contribution < 1.29 is 14.1 Å². The summed E-state index contributed by atoms with van der Waals surface area (Å²) < 4.78 is 11.2. The van der Waals surface area contributed by atoms with E-state index in [1.807, 2.05) is 48.5 Å². The van der Waals surface area contributed by atoms with Crippen molar-refractivity contribution in [3.63, 3.8) is 0 Å². The molecule has 2 heterocycles. The van der Waals surface area contributed by atoms with E-state index in [2.05, 4.69) is 11.6 Å². The molecule has 0 unspecified atom stereocenters. The normalized spacial score (nSPS) is 12.8. The average molecular weight is 374 g/mol. The minimum absolute atomic E-state index is 0.308. The number of rotatable bonds is 6. The zero-order valence-electron chi connectivity index (χ0n) is 15.1. The molecule has 0 bridgehead atoms. The van der Waals surface area contributed by atoms with Gasteiger partial charge in [-0.2, -0.15) is 0 Å². The highest BCUT2D eigenvalue weighted by Crippen LogP contribution is 2.30. The van der Waals surface area contributed by atoms with Gasteiger partial charge < -0.3 is 9.15 Å². The zero-order chi connectivity index (χ0) is 19.5. The van der Waals surface area contributed by atoms with Crippen molar-refractivity contribution in [2.24, 2.45) is 4.99 Å². The minimum atomic E-state index is -0.566. The summed E-state index contributed by atoms with van der Waals surface area (Å²) >= 11 is 0. The maximum atomic E-state index is 10.9. The molecule has 1 aliphatic heterocycles. The van der Waals surface area contributed by atoms with Gasteiger partial charge in [0.05, 0.1) is 11.8 Å². The number of furan rings is 1. The topological polar surface area (TPSA) is 77.9 Å². The molecular weight excluding hydrogens is 356 g/mol. The Bertz CT molecular complexity index is 1070. The van der Waals surface area contributed by atoms with Gasteiger partial charge in [0.2, 0.25) is 0 Å². The van der Waals surface area contributed by atoms with Crippen molar-refractivity contribution in [3.05, 3.63) is 99.8 Å². The smallest absolute Gasteiger partial charge is 0.433 e. The first-order valence-corrected chi connectivity index (χ1v) is 8.90. The Labute approximate surface area is 161 Å². The van der Waals surface area contributed by atoms with Gasteiger partial charge in [-0.25, -0.2) is 0 Å². The third-order valence-corrected chi connectivity index (χ3v) is 4.59. The van der Waals surface area contributed by atoms with E-state index in [1.54, 1.807) is 6.07 Å². The van der Waals surface area contributed by atoms with Crippen LogP contribution in [0.2, 0.25) is 0 Å². The quantitative estimate of drug-likeness (QED) is 0.457. The first kappa shape index (κ1) is 17.7. The van der Waals surface area contributed by atoms with E-state index in [4.69, 9.17) is 9.15 Å². The third kappa shape index (κ3) is 3.57. The summed E-state index contributed by atoms with van der Waals surface area (Å²) in [4.78, 5) is 14.9. The molecule has 3 aromatic rings. The SMILES string of the molecule is C=C(C1=NCCc2cc(OCc3ccccc3)ccc21)c1ccc([N+](=O)[O-])o1. The van der Waals surface area contributed by atoms with E-state index in [1.165, 1.54) is 6.07 Å². The predicted molar refractivity (Wildman–Crippen MR) is 107 cm³/mol. The Morgan fingerprint density at radius 3 is 2.75 bits per heavy atom. The van der Waals surface area contributed by atoms with Gasteiger partial charge in [-0.3, -0.25) is 15.1 Å². The molecule has 140 valence electrons. The number of aliphatic imine (C=N–C) groups is 1. The van der Waals surface area contributed by atoms with Gasteiger partial charge in [-0.15, -0.1) is 0 Å². The first-order valence-electron chi connectivity index (χ1n) is 8.90. The van der Waals surface area contributed by atoms with Crippen LogP contribution in [-0.4, -0.2) is 17.2 Å². The van der Waals surface area contributed by atoms with Crippen LogP contribution >= 0.6 is 0 Å². The summed E-state index contributed by atoms with van der Waals surface area (Å²) in [5.41, 5.74) is 4.39. The number of ether oxygens (including phenoxy) is 1. The lowest BCUT2D eigenvalue weighted by Gasteiger charge is -2.19. The van der Waals surface area contributed by atoms with Gasteiger partial charge in [0, 0.05) is 17.7 Å². The lowest BCUT2D eigenvalue weighted by Crippen LogP contribution is -2.14. The maximum Gasteiger partial charge on any atom is 0.433 e. The number of nitrogens with zero attached hydrogens (tertiary/aromatic N) is 2. The second-order valence-corrected chi connectivity index (χ2v) is 6.45. The van der Waals surface area contributed by atoms with Crippen molar-refractivity contribution in [1.82, 2.24) is 0 Å². The van der Waals surface area contributed by atoms with Crippen LogP contribution in [0.3, 0.4) is 0 Å². The molecule has 28 heavy (non-hydrogen) atoms. The molecule has 0 radical (unpaired) electrons. The summed E-state index contributed by atoms with van der Waals surface area (Å²) in [6.07, 6.45) is 0.799. The average Bonchev–Trinajstić information content (AvgIpc) is 3.22. The van der Waals surface area contributed by atoms with Crippen LogP contribution in [0.5, 0.6) is 5.75 Å². The summed E-state index contributed by atoms with van der Waals surface area (Å²) in [7, 11) is 0. The number of benzene rings is 2. The lowest BCUT2D eigenvalue weighted by atomic mass is 9.93. The molecular formula is C22H18N2O4. The Morgan fingerprint density at radius 2 is 2.00 bits per heavy atom. The molecule has 0 saturated carbocycles. The molecule has 1 aliphatic rings. The molecule has 0 aliphatic carbocycles. The van der Waals surface area contributed by atoms with E-state index >= 15 is 0 Å². The minimum Gasteiger partial charge on any atom is -0.489 e. The van der Waals surface area contributed by atoms with Gasteiger partial charge in [-0.1, -0.05) is 36.9 Å². The number of nitro groups is 1. The first-order chi connectivity index (χ1) is 13.6. The molecule has 0 fully saturated rings. The maximum absolute atomic E-state index is 10.9. The summed E-state index contributed by atoms with van der Waals surface area (Å²) in [5.74, 6) is 0.836. The monoisotopic (exact) mass is 374 g/mol. The second-order valence-electron chi connectivity index (χ2n) is 6.45. The standard InChI is InChI=1S/C22H18N2O4/c1-15(20-9-10-21(28-20)24(25)26)22-19-8-7-18(13-17(19)11-12-23-22)27-14-16-5-3-2-4-6-16/h2-10,13H,1,11-12,14H2. The van der Waals surface area contributed by atoms with E-state index in [-0.39, 0.29) is 5.88 Å². The Balaban J connectivity index is 1.54. The highest BCUT2D eigenvalue weighted by molar-refractivity contribution is 6.31. The fourth-order valence-electron chi connectivity index (χ4n) is 3.17. The number of hydrogen-bond acceptors (Lipinski definition) is 5. The fraction of sp³-hybridized carbons (Fsp3) is 0.136. The van der Waals surface area contributed by atoms with Crippen molar-refractivity contribution in [1.29, 1.82) is 0 Å². The van der Waals surface area contributed by atoms with Crippen molar-refractivity contribution in [2.45, 2.75) is 13.0 Å². The second kappa shape index (κ2) is 7.52. The predicted octanol–water partition coefficient (Wildman–Crippen LogP) is 4.83. The molecule has 6 nitrogen and oxygen atoms in total. The summed E-state index contributed by atoms with van der Waals surface area (Å²) in [5, 5.41) is 10.9. The highest BCUT2D eigenvalue weighted by atomic mass is 16.6. The fourth-order valence-corrected chi connectivity index (χ4v) is 3.17. The number of fused-ring (bicyclic) bond motifs is 1. The third-order valence-electron chi connectivity index (χ3n) is 4.59. The summed E-state index contributed by atoms with van der Waals surface area (Å²) in [6, 6.07) is 18.7. The molecule has 0 amide bonds. The van der Waals surface area contributed by atoms with E-state index in [0.29, 0.717) is 30.2 Å². The number of allylic oxidation sites excluding steroid dienone is 1. The molecule has 0 saturated heterocycles. The van der Waals surface area contributed by atoms with Gasteiger partial charge >= 0.3 is 5.88 Å². The lowest BCUT2D eigenvalue weighted by molar-refractivity contribution is -0.402. The van der Waals surface area contributed by atoms with Crippen LogP contribution in [0.15, 0.2) is 76.7 Å². The number of hydrogen-bond donors (Lipinski definition) is 0. The van der Waals surface area contributed by atoms with Crippen molar-refractivity contribution in [2.75, 3.05) is 6.54 Å². The van der Waals surface area contributed by atoms with Crippen molar-refractivity contribution in [3.8, 4) is 5.75 Å². The largest absolute Gasteiger partial charge is 0.489 e. The van der Waals surface area contributed by atoms with E-state index in [9.17, 15) is 10.1 Å². The molecule has 0 atom stereocenters. The van der Waals surface area contributed by atoms with Gasteiger partial charge in [0.25, 0.3) is 0 Å². The molecule has 0 N–H and O–H groups in total. The summed E-state index contributed by atoms with van der Waals surface area (Å²) in [6.45, 7) is 5.16. The Hall–Kier alpha value is -3.67. The van der Waals surface area contributed by atoms with Gasteiger partial charge in [-0.05, 0) is 41.8 Å². The molecule has 4 rings (SSSR count). The van der Waals surface area contributed by atoms with Crippen LogP contribution in [-0.2, 0) is 13.0 Å². The molecule has 2 aromatic carbocycles. The van der Waals surface area contributed by atoms with Crippen molar-refractivity contribution >= 4 is 17.2 Å². The van der Waals surface area contributed by atoms with Gasteiger partial charge in [0.15, 0.2) is 0 Å². The highest BCUT2D eigenvalue weighted by Gasteiger charge is 2.22. The molecule has 1 aromatic heterocycles.